The molecule has 0 fully saturated rings. The van der Waals surface area contributed by atoms with Gasteiger partial charge in [-0.2, -0.15) is 13.2 Å². The molecule has 0 aliphatic carbocycles. The predicted octanol–water partition coefficient (Wildman–Crippen LogP) is 4.44. The zero-order valence-corrected chi connectivity index (χ0v) is 21.1. The maximum atomic E-state index is 12.7. The van der Waals surface area contributed by atoms with Crippen LogP contribution in [-0.4, -0.2) is 66.2 Å². The molecule has 3 aromatic rings. The Morgan fingerprint density at radius 1 is 1.03 bits per heavy atom. The average Bonchev–Trinajstić information content (AvgIpc) is 2.91. The number of hydrogen-bond acceptors (Lipinski definition) is 8. The highest BCUT2D eigenvalue weighted by molar-refractivity contribution is 5.95. The van der Waals surface area contributed by atoms with Crippen LogP contribution in [0, 0.1) is 0 Å². The molecule has 0 radical (unpaired) electrons. The smallest absolute Gasteiger partial charge is 0.491 e. The summed E-state index contributed by atoms with van der Waals surface area (Å²) in [5, 5.41) is 6.01. The van der Waals surface area contributed by atoms with E-state index in [2.05, 4.69) is 44.1 Å². The van der Waals surface area contributed by atoms with Crippen LogP contribution in [0.1, 0.15) is 24.2 Å². The van der Waals surface area contributed by atoms with Crippen LogP contribution in [-0.2, 0) is 4.79 Å². The fraction of sp³-hybridized carbons (Fsp3) is 0.308. The Morgan fingerprint density at radius 3 is 2.37 bits per heavy atom. The van der Waals surface area contributed by atoms with Crippen LogP contribution in [0.3, 0.4) is 0 Å². The average molecular weight is 532 g/mol. The molecule has 202 valence electrons. The van der Waals surface area contributed by atoms with Gasteiger partial charge in [0.1, 0.15) is 17.3 Å². The molecule has 38 heavy (non-hydrogen) atoms. The summed E-state index contributed by atoms with van der Waals surface area (Å²) in [5.41, 5.74) is 1.86. The topological polar surface area (TPSA) is 106 Å². The lowest BCUT2D eigenvalue weighted by molar-refractivity contribution is -0.189. The van der Waals surface area contributed by atoms with Crippen molar-refractivity contribution < 1.29 is 32.2 Å². The van der Waals surface area contributed by atoms with Crippen LogP contribution >= 0.6 is 0 Å². The fourth-order valence-corrected chi connectivity index (χ4v) is 3.48. The molecule has 0 atom stereocenters. The molecule has 0 aliphatic rings. The van der Waals surface area contributed by atoms with Crippen molar-refractivity contribution in [3.8, 4) is 22.8 Å². The number of anilines is 2. The summed E-state index contributed by atoms with van der Waals surface area (Å²) in [6, 6.07) is 10.3. The van der Waals surface area contributed by atoms with Gasteiger partial charge in [-0.1, -0.05) is 13.8 Å². The van der Waals surface area contributed by atoms with E-state index in [4.69, 9.17) is 4.74 Å². The van der Waals surface area contributed by atoms with Gasteiger partial charge in [0.25, 0.3) is 5.91 Å². The van der Waals surface area contributed by atoms with Crippen molar-refractivity contribution in [1.82, 2.24) is 20.2 Å². The first-order chi connectivity index (χ1) is 18.1. The van der Waals surface area contributed by atoms with Crippen LogP contribution < -0.4 is 20.1 Å². The molecule has 0 unspecified atom stereocenters. The number of rotatable bonds is 11. The molecule has 9 nitrogen and oxygen atoms in total. The number of hydrogen-bond donors (Lipinski definition) is 2. The van der Waals surface area contributed by atoms with Crippen LogP contribution in [0.2, 0.25) is 0 Å². The van der Waals surface area contributed by atoms with E-state index in [-0.39, 0.29) is 11.7 Å². The Bertz CT molecular complexity index is 1250. The number of nitrogens with one attached hydrogen (secondary N) is 2. The normalized spacial score (nSPS) is 11.2. The Labute approximate surface area is 218 Å². The summed E-state index contributed by atoms with van der Waals surface area (Å²) in [5.74, 6) is -1.96. The largest absolute Gasteiger partial charge is 0.495 e. The molecule has 0 spiro atoms. The minimum absolute atomic E-state index is 0.228. The van der Waals surface area contributed by atoms with E-state index < -0.39 is 12.1 Å². The third-order valence-corrected chi connectivity index (χ3v) is 5.56. The number of aromatic nitrogens is 2. The molecule has 0 bridgehead atoms. The summed E-state index contributed by atoms with van der Waals surface area (Å²) in [6.45, 7) is 7.19. The maximum Gasteiger partial charge on any atom is 0.491 e. The van der Waals surface area contributed by atoms with E-state index in [1.807, 2.05) is 0 Å². The number of likely N-dealkylation sites (N-methyl/N-ethyl adjacent to an activating group) is 1. The van der Waals surface area contributed by atoms with E-state index in [1.165, 1.54) is 43.8 Å². The molecule has 0 aliphatic heterocycles. The molecule has 1 heterocycles. The van der Waals surface area contributed by atoms with Gasteiger partial charge in [-0.15, -0.1) is 0 Å². The molecular weight excluding hydrogens is 503 g/mol. The SMILES string of the molecule is CCN(CC)CCNC(=O)c1ccc(OC)c(Nc2cncc(-c3ccc(OC(=O)C(F)(F)F)cc3)n2)c1. The van der Waals surface area contributed by atoms with Gasteiger partial charge in [0, 0.05) is 24.2 Å². The lowest BCUT2D eigenvalue weighted by atomic mass is 10.1. The van der Waals surface area contributed by atoms with Crippen LogP contribution in [0.25, 0.3) is 11.3 Å². The number of carbonyl (C=O) groups excluding carboxylic acids is 2. The van der Waals surface area contributed by atoms with Crippen LogP contribution in [0.4, 0.5) is 24.7 Å². The van der Waals surface area contributed by atoms with Crippen molar-refractivity contribution in [1.29, 1.82) is 0 Å². The summed E-state index contributed by atoms with van der Waals surface area (Å²) in [6.07, 6.45) is -2.15. The van der Waals surface area contributed by atoms with E-state index >= 15 is 0 Å². The van der Waals surface area contributed by atoms with Crippen LogP contribution in [0.5, 0.6) is 11.5 Å². The molecule has 1 aromatic heterocycles. The second-order valence-electron chi connectivity index (χ2n) is 8.02. The summed E-state index contributed by atoms with van der Waals surface area (Å²) in [4.78, 5) is 34.5. The first-order valence-corrected chi connectivity index (χ1v) is 11.8. The van der Waals surface area contributed by atoms with Gasteiger partial charge >= 0.3 is 12.1 Å². The molecule has 12 heteroatoms. The lowest BCUT2D eigenvalue weighted by Crippen LogP contribution is -2.34. The maximum absolute atomic E-state index is 12.7. The molecule has 2 aromatic carbocycles. The minimum Gasteiger partial charge on any atom is -0.495 e. The second kappa shape index (κ2) is 12.9. The third-order valence-electron chi connectivity index (χ3n) is 5.56. The number of amides is 1. The van der Waals surface area contributed by atoms with Gasteiger partial charge in [-0.3, -0.25) is 9.78 Å². The van der Waals surface area contributed by atoms with E-state index in [9.17, 15) is 22.8 Å². The number of halogens is 3. The first kappa shape index (κ1) is 28.4. The zero-order chi connectivity index (χ0) is 27.7. The van der Waals surface area contributed by atoms with E-state index in [0.29, 0.717) is 40.6 Å². The monoisotopic (exact) mass is 531 g/mol. The Hall–Kier alpha value is -4.19. The number of carbonyl (C=O) groups is 2. The zero-order valence-electron chi connectivity index (χ0n) is 21.1. The molecule has 2 N–H and O–H groups in total. The van der Waals surface area contributed by atoms with Gasteiger partial charge in [-0.25, -0.2) is 9.78 Å². The number of methoxy groups -OCH3 is 1. The van der Waals surface area contributed by atoms with E-state index in [0.717, 1.165) is 19.6 Å². The van der Waals surface area contributed by atoms with Crippen LogP contribution in [0.15, 0.2) is 54.9 Å². The van der Waals surface area contributed by atoms with Gasteiger partial charge < -0.3 is 25.0 Å². The highest BCUT2D eigenvalue weighted by atomic mass is 19.4. The lowest BCUT2D eigenvalue weighted by Gasteiger charge is -2.18. The van der Waals surface area contributed by atoms with Crippen molar-refractivity contribution in [2.45, 2.75) is 20.0 Å². The van der Waals surface area contributed by atoms with Gasteiger partial charge in [0.15, 0.2) is 0 Å². The number of esters is 1. The second-order valence-corrected chi connectivity index (χ2v) is 8.02. The highest BCUT2D eigenvalue weighted by Crippen LogP contribution is 2.29. The summed E-state index contributed by atoms with van der Waals surface area (Å²) in [7, 11) is 1.50. The van der Waals surface area contributed by atoms with Gasteiger partial charge in [-0.05, 0) is 55.6 Å². The Morgan fingerprint density at radius 2 is 1.74 bits per heavy atom. The van der Waals surface area contributed by atoms with Gasteiger partial charge in [0.05, 0.1) is 30.9 Å². The summed E-state index contributed by atoms with van der Waals surface area (Å²) >= 11 is 0. The quantitative estimate of drug-likeness (QED) is 0.277. The number of ether oxygens (including phenoxy) is 2. The molecule has 1 amide bonds. The Balaban J connectivity index is 1.73. The first-order valence-electron chi connectivity index (χ1n) is 11.8. The number of alkyl halides is 3. The van der Waals surface area contributed by atoms with Crippen molar-refractivity contribution >= 4 is 23.4 Å². The fourth-order valence-electron chi connectivity index (χ4n) is 3.48. The molecule has 3 rings (SSSR count). The number of nitrogens with zero attached hydrogens (tertiary/aromatic N) is 3. The van der Waals surface area contributed by atoms with Crippen molar-refractivity contribution in [2.75, 3.05) is 38.6 Å². The molecule has 0 saturated heterocycles. The summed E-state index contributed by atoms with van der Waals surface area (Å²) < 4.78 is 46.9. The highest BCUT2D eigenvalue weighted by Gasteiger charge is 2.41. The van der Waals surface area contributed by atoms with Crippen molar-refractivity contribution in [3.63, 3.8) is 0 Å². The standard InChI is InChI=1S/C26H28F3N5O4/c1-4-34(5-2)13-12-31-24(35)18-8-11-22(37-3)20(14-18)32-23-16-30-15-21(33-23)17-6-9-19(10-7-17)38-25(36)26(27,28)29/h6-11,14-16H,4-5,12-13H2,1-3H3,(H,31,35)(H,32,33). The predicted molar refractivity (Wildman–Crippen MR) is 136 cm³/mol. The number of benzene rings is 2. The minimum atomic E-state index is -5.09. The van der Waals surface area contributed by atoms with Crippen molar-refractivity contribution in [3.05, 3.63) is 60.4 Å². The third kappa shape index (κ3) is 7.65. The Kier molecular flexibility index (Phi) is 9.61. The molecule has 0 saturated carbocycles. The van der Waals surface area contributed by atoms with Gasteiger partial charge in [0.2, 0.25) is 0 Å². The van der Waals surface area contributed by atoms with E-state index in [1.54, 1.807) is 18.2 Å². The van der Waals surface area contributed by atoms with Crippen molar-refractivity contribution in [2.24, 2.45) is 0 Å². The molecular formula is C26H28F3N5O4.